The molecule has 2 aromatic rings. The van der Waals surface area contributed by atoms with E-state index in [0.717, 1.165) is 48.5 Å². The van der Waals surface area contributed by atoms with Crippen LogP contribution in [0, 0.1) is 11.3 Å². The number of aliphatic hydroxyl groups is 1. The Hall–Kier alpha value is -2.40. The molecule has 1 atom stereocenters. The molecule has 1 aromatic heterocycles. The molecule has 1 aliphatic carbocycles. The first-order valence-electron chi connectivity index (χ1n) is 11.0. The Kier molecular flexibility index (Phi) is 5.70. The highest BCUT2D eigenvalue weighted by Gasteiger charge is 2.40. The number of anilines is 2. The normalized spacial score (nSPS) is 21.3. The largest absolute Gasteiger partial charge is 0.394 e. The molecule has 3 heterocycles. The van der Waals surface area contributed by atoms with Crippen molar-refractivity contribution in [2.75, 3.05) is 35.7 Å². The predicted molar refractivity (Wildman–Crippen MR) is 127 cm³/mol. The molecule has 1 fully saturated rings. The summed E-state index contributed by atoms with van der Waals surface area (Å²) in [5.41, 5.74) is 3.83. The summed E-state index contributed by atoms with van der Waals surface area (Å²) in [6, 6.07) is 10.2. The zero-order chi connectivity index (χ0) is 22.3. The summed E-state index contributed by atoms with van der Waals surface area (Å²) in [4.78, 5) is 7.60. The number of aromatic nitrogens is 1. The number of nitrogens with zero attached hydrogens (tertiary/aromatic N) is 3. The van der Waals surface area contributed by atoms with E-state index in [4.69, 9.17) is 16.6 Å². The Morgan fingerprint density at radius 2 is 2.06 bits per heavy atom. The summed E-state index contributed by atoms with van der Waals surface area (Å²) in [6.07, 6.45) is 6.36. The standard InChI is InChI=1S/C24H25ClN4O2S/c25-18-4-2-16(3-5-18)17-6-11-29(12-7-17)23-19(14-26)21(28-24(15-30)9-1-10-24)22-20(27-23)8-13-32(22)31/h2-6,30H,1,7-13,15H2,(H,27,28). The minimum absolute atomic E-state index is 0.00611. The summed E-state index contributed by atoms with van der Waals surface area (Å²) < 4.78 is 12.8. The maximum atomic E-state index is 12.8. The lowest BCUT2D eigenvalue weighted by Crippen LogP contribution is -2.48. The second kappa shape index (κ2) is 8.51. The zero-order valence-electron chi connectivity index (χ0n) is 17.7. The van der Waals surface area contributed by atoms with Gasteiger partial charge < -0.3 is 15.3 Å². The van der Waals surface area contributed by atoms with Gasteiger partial charge >= 0.3 is 0 Å². The van der Waals surface area contributed by atoms with Crippen molar-refractivity contribution >= 4 is 39.5 Å². The van der Waals surface area contributed by atoms with E-state index in [1.165, 1.54) is 5.57 Å². The van der Waals surface area contributed by atoms with Crippen LogP contribution in [0.15, 0.2) is 35.2 Å². The van der Waals surface area contributed by atoms with Crippen LogP contribution in [0.3, 0.4) is 0 Å². The van der Waals surface area contributed by atoms with Gasteiger partial charge in [0.15, 0.2) is 0 Å². The van der Waals surface area contributed by atoms with Crippen LogP contribution in [0.2, 0.25) is 5.02 Å². The van der Waals surface area contributed by atoms with E-state index in [9.17, 15) is 14.6 Å². The van der Waals surface area contributed by atoms with E-state index in [-0.39, 0.29) is 6.61 Å². The van der Waals surface area contributed by atoms with Crippen molar-refractivity contribution in [2.24, 2.45) is 0 Å². The first-order chi connectivity index (χ1) is 15.5. The molecule has 2 N–H and O–H groups in total. The van der Waals surface area contributed by atoms with Gasteiger partial charge in [0.25, 0.3) is 0 Å². The SMILES string of the molecule is N#Cc1c(N2CC=C(c3ccc(Cl)cc3)CC2)nc2c(c1NC1(CO)CCC1)S(=O)CC2. The van der Waals surface area contributed by atoms with Crippen molar-refractivity contribution in [3.05, 3.63) is 52.2 Å². The molecule has 1 saturated carbocycles. The van der Waals surface area contributed by atoms with Crippen LogP contribution < -0.4 is 10.2 Å². The Labute approximate surface area is 195 Å². The van der Waals surface area contributed by atoms with Crippen molar-refractivity contribution < 1.29 is 9.32 Å². The third kappa shape index (κ3) is 3.71. The van der Waals surface area contributed by atoms with E-state index in [1.54, 1.807) is 0 Å². The van der Waals surface area contributed by atoms with E-state index in [0.29, 0.717) is 40.7 Å². The highest BCUT2D eigenvalue weighted by atomic mass is 35.5. The van der Waals surface area contributed by atoms with Gasteiger partial charge in [0.2, 0.25) is 0 Å². The number of fused-ring (bicyclic) bond motifs is 1. The monoisotopic (exact) mass is 468 g/mol. The van der Waals surface area contributed by atoms with Gasteiger partial charge in [-0.3, -0.25) is 4.21 Å². The van der Waals surface area contributed by atoms with Crippen molar-refractivity contribution in [1.29, 1.82) is 5.26 Å². The average molecular weight is 469 g/mol. The number of benzene rings is 1. The first-order valence-corrected chi connectivity index (χ1v) is 12.7. The van der Waals surface area contributed by atoms with Gasteiger partial charge in [-0.1, -0.05) is 29.8 Å². The Morgan fingerprint density at radius 1 is 1.28 bits per heavy atom. The molecule has 8 heteroatoms. The molecule has 1 unspecified atom stereocenters. The number of hydrogen-bond acceptors (Lipinski definition) is 6. The summed E-state index contributed by atoms with van der Waals surface area (Å²) in [5, 5.41) is 24.3. The summed E-state index contributed by atoms with van der Waals surface area (Å²) >= 11 is 6.02. The smallest absolute Gasteiger partial charge is 0.149 e. The van der Waals surface area contributed by atoms with Crippen molar-refractivity contribution in [1.82, 2.24) is 4.98 Å². The van der Waals surface area contributed by atoms with Gasteiger partial charge in [0.1, 0.15) is 17.5 Å². The average Bonchev–Trinajstić information content (AvgIpc) is 3.17. The Bertz CT molecular complexity index is 1150. The number of pyridine rings is 1. The maximum absolute atomic E-state index is 12.8. The topological polar surface area (TPSA) is 89.2 Å². The fraction of sp³-hybridized carbons (Fsp3) is 0.417. The van der Waals surface area contributed by atoms with Crippen LogP contribution in [0.4, 0.5) is 11.5 Å². The predicted octanol–water partition coefficient (Wildman–Crippen LogP) is 3.89. The van der Waals surface area contributed by atoms with Crippen molar-refractivity contribution in [2.45, 2.75) is 42.5 Å². The van der Waals surface area contributed by atoms with E-state index in [1.807, 2.05) is 24.3 Å². The van der Waals surface area contributed by atoms with E-state index >= 15 is 0 Å². The summed E-state index contributed by atoms with van der Waals surface area (Å²) in [7, 11) is -1.18. The third-order valence-corrected chi connectivity index (χ3v) is 8.52. The maximum Gasteiger partial charge on any atom is 0.149 e. The molecule has 0 amide bonds. The molecule has 0 radical (unpaired) electrons. The number of aliphatic hydroxyl groups excluding tert-OH is 1. The lowest BCUT2D eigenvalue weighted by molar-refractivity contribution is 0.144. The van der Waals surface area contributed by atoms with Crippen LogP contribution in [0.1, 0.15) is 42.5 Å². The minimum atomic E-state index is -1.18. The van der Waals surface area contributed by atoms with Gasteiger partial charge in [-0.15, -0.1) is 0 Å². The molecule has 5 rings (SSSR count). The fourth-order valence-corrected chi connectivity index (χ4v) is 6.24. The molecule has 0 spiro atoms. The molecule has 0 bridgehead atoms. The molecule has 2 aliphatic heterocycles. The number of hydrogen-bond donors (Lipinski definition) is 2. The summed E-state index contributed by atoms with van der Waals surface area (Å²) in [5.74, 6) is 1.17. The number of nitrogens with one attached hydrogen (secondary N) is 1. The van der Waals surface area contributed by atoms with E-state index < -0.39 is 16.3 Å². The number of aryl methyl sites for hydroxylation is 1. The van der Waals surface area contributed by atoms with Gasteiger partial charge in [0.05, 0.1) is 39.2 Å². The molecule has 6 nitrogen and oxygen atoms in total. The molecular weight excluding hydrogens is 444 g/mol. The van der Waals surface area contributed by atoms with Crippen LogP contribution in [0.5, 0.6) is 0 Å². The highest BCUT2D eigenvalue weighted by molar-refractivity contribution is 7.85. The molecule has 0 saturated heterocycles. The second-order valence-electron chi connectivity index (χ2n) is 8.72. The highest BCUT2D eigenvalue weighted by Crippen LogP contribution is 2.42. The van der Waals surface area contributed by atoms with Gasteiger partial charge in [0, 0.05) is 30.3 Å². The second-order valence-corrected chi connectivity index (χ2v) is 10.7. The molecule has 3 aliphatic rings. The molecule has 166 valence electrons. The first kappa shape index (κ1) is 21.4. The molecular formula is C24H25ClN4O2S. The van der Waals surface area contributed by atoms with Crippen LogP contribution >= 0.6 is 11.6 Å². The number of nitriles is 1. The van der Waals surface area contributed by atoms with Crippen LogP contribution in [0.25, 0.3) is 5.57 Å². The van der Waals surface area contributed by atoms with Gasteiger partial charge in [-0.05, 0) is 49.0 Å². The zero-order valence-corrected chi connectivity index (χ0v) is 19.3. The minimum Gasteiger partial charge on any atom is -0.394 e. The lowest BCUT2D eigenvalue weighted by atomic mass is 9.77. The van der Waals surface area contributed by atoms with Crippen LogP contribution in [-0.4, -0.2) is 45.3 Å². The molecule has 32 heavy (non-hydrogen) atoms. The quantitative estimate of drug-likeness (QED) is 0.692. The Morgan fingerprint density at radius 3 is 2.66 bits per heavy atom. The van der Waals surface area contributed by atoms with Gasteiger partial charge in [-0.2, -0.15) is 5.26 Å². The van der Waals surface area contributed by atoms with Crippen LogP contribution in [-0.2, 0) is 17.2 Å². The van der Waals surface area contributed by atoms with Crippen molar-refractivity contribution in [3.8, 4) is 6.07 Å². The summed E-state index contributed by atoms with van der Waals surface area (Å²) in [6.45, 7) is 1.38. The molecule has 1 aromatic carbocycles. The number of rotatable bonds is 5. The Balaban J connectivity index is 1.51. The lowest BCUT2D eigenvalue weighted by Gasteiger charge is -2.42. The van der Waals surface area contributed by atoms with Crippen molar-refractivity contribution in [3.63, 3.8) is 0 Å². The fourth-order valence-electron chi connectivity index (χ4n) is 4.74. The van der Waals surface area contributed by atoms with Gasteiger partial charge in [-0.25, -0.2) is 4.98 Å². The number of halogens is 1. The third-order valence-electron chi connectivity index (χ3n) is 6.79. The van der Waals surface area contributed by atoms with E-state index in [2.05, 4.69) is 22.4 Å².